The van der Waals surface area contributed by atoms with Crippen molar-refractivity contribution >= 4 is 11.8 Å². The van der Waals surface area contributed by atoms with E-state index in [2.05, 4.69) is 6.92 Å². The number of Topliss-reactive ketones (excluding diaryl/α,β-unsaturated/α-hetero) is 1. The van der Waals surface area contributed by atoms with Crippen molar-refractivity contribution in [3.8, 4) is 0 Å². The van der Waals surface area contributed by atoms with Crippen molar-refractivity contribution in [2.75, 3.05) is 7.11 Å². The van der Waals surface area contributed by atoms with Gasteiger partial charge in [-0.3, -0.25) is 9.59 Å². The molecule has 0 radical (unpaired) electrons. The van der Waals surface area contributed by atoms with E-state index in [1.807, 2.05) is 26.8 Å². The number of aliphatic hydroxyl groups is 1. The molecule has 0 bridgehead atoms. The second kappa shape index (κ2) is 5.94. The molecule has 140 valence electrons. The Hall–Kier alpha value is -1.16. The quantitative estimate of drug-likeness (QED) is 0.774. The third-order valence-electron chi connectivity index (χ3n) is 7.80. The monoisotopic (exact) mass is 348 g/mol. The Kier molecular flexibility index (Phi) is 4.42. The summed E-state index contributed by atoms with van der Waals surface area (Å²) >= 11 is 0. The average molecular weight is 348 g/mol. The number of esters is 1. The van der Waals surface area contributed by atoms with E-state index in [0.29, 0.717) is 12.8 Å². The van der Waals surface area contributed by atoms with Gasteiger partial charge in [0.15, 0.2) is 5.78 Å². The number of hydrogen-bond donors (Lipinski definition) is 1. The summed E-state index contributed by atoms with van der Waals surface area (Å²) in [5.74, 6) is 0.0407. The Morgan fingerprint density at radius 1 is 1.28 bits per heavy atom. The number of carbonyl (C=O) groups is 2. The smallest absolute Gasteiger partial charge is 0.311 e. The summed E-state index contributed by atoms with van der Waals surface area (Å²) in [5, 5.41) is 10.9. The normalized spacial score (nSPS) is 44.0. The van der Waals surface area contributed by atoms with E-state index in [9.17, 15) is 14.7 Å². The van der Waals surface area contributed by atoms with Crippen molar-refractivity contribution in [1.29, 1.82) is 0 Å². The Morgan fingerprint density at radius 2 is 1.96 bits per heavy atom. The summed E-state index contributed by atoms with van der Waals surface area (Å²) in [4.78, 5) is 25.6. The van der Waals surface area contributed by atoms with E-state index in [1.165, 1.54) is 7.11 Å². The maximum atomic E-state index is 13.1. The fourth-order valence-corrected chi connectivity index (χ4v) is 6.09. The Morgan fingerprint density at radius 3 is 2.56 bits per heavy atom. The fourth-order valence-electron chi connectivity index (χ4n) is 6.09. The number of ether oxygens (including phenoxy) is 1. The molecular weight excluding hydrogens is 316 g/mol. The van der Waals surface area contributed by atoms with Gasteiger partial charge in [-0.25, -0.2) is 0 Å². The van der Waals surface area contributed by atoms with Crippen LogP contribution in [0.5, 0.6) is 0 Å². The maximum absolute atomic E-state index is 13.1. The van der Waals surface area contributed by atoms with Crippen LogP contribution in [0.2, 0.25) is 0 Å². The van der Waals surface area contributed by atoms with Gasteiger partial charge >= 0.3 is 5.97 Å². The van der Waals surface area contributed by atoms with Crippen LogP contribution in [-0.4, -0.2) is 29.6 Å². The molecule has 3 rings (SSSR count). The Labute approximate surface area is 151 Å². The SMILES string of the molecule is COC(=O)[C@]1(C)CCC[C@@]2(C)[C@H]1CC=C1C(=O)[C@@](O)(C(C)C)CC[C@@H]12. The maximum Gasteiger partial charge on any atom is 0.311 e. The van der Waals surface area contributed by atoms with Gasteiger partial charge in [-0.15, -0.1) is 0 Å². The summed E-state index contributed by atoms with van der Waals surface area (Å²) < 4.78 is 5.14. The largest absolute Gasteiger partial charge is 0.469 e. The van der Waals surface area contributed by atoms with E-state index in [4.69, 9.17) is 4.74 Å². The summed E-state index contributed by atoms with van der Waals surface area (Å²) in [7, 11) is 1.47. The van der Waals surface area contributed by atoms with E-state index in [0.717, 1.165) is 31.3 Å². The Bertz CT molecular complexity index is 621. The third-order valence-corrected chi connectivity index (χ3v) is 7.80. The molecule has 0 aromatic heterocycles. The van der Waals surface area contributed by atoms with Crippen LogP contribution in [0.1, 0.15) is 66.2 Å². The van der Waals surface area contributed by atoms with Crippen LogP contribution in [0.25, 0.3) is 0 Å². The molecule has 5 atom stereocenters. The molecule has 0 aromatic rings. The highest BCUT2D eigenvalue weighted by atomic mass is 16.5. The number of methoxy groups -OCH3 is 1. The lowest BCUT2D eigenvalue weighted by Crippen LogP contribution is -2.58. The van der Waals surface area contributed by atoms with Crippen LogP contribution >= 0.6 is 0 Å². The summed E-state index contributed by atoms with van der Waals surface area (Å²) in [6, 6.07) is 0. The molecule has 4 heteroatoms. The number of ketones is 1. The van der Waals surface area contributed by atoms with Gasteiger partial charge in [0.1, 0.15) is 5.60 Å². The standard InChI is InChI=1S/C21H32O4/c1-13(2)21(24)12-9-15-14(17(21)22)7-8-16-19(15,3)10-6-11-20(16,4)18(23)25-5/h7,13,15-16,24H,6,8-12H2,1-5H3/t15-,16+,19+,20+,21-/m0/s1. The van der Waals surface area contributed by atoms with Crippen LogP contribution in [0.15, 0.2) is 11.6 Å². The number of fused-ring (bicyclic) bond motifs is 3. The highest BCUT2D eigenvalue weighted by Crippen LogP contribution is 2.62. The first-order chi connectivity index (χ1) is 11.6. The molecule has 0 heterocycles. The van der Waals surface area contributed by atoms with E-state index in [-0.39, 0.29) is 34.9 Å². The van der Waals surface area contributed by atoms with Crippen LogP contribution < -0.4 is 0 Å². The second-order valence-corrected chi connectivity index (χ2v) is 9.22. The van der Waals surface area contributed by atoms with E-state index < -0.39 is 11.0 Å². The summed E-state index contributed by atoms with van der Waals surface area (Å²) in [5.41, 5.74) is -0.987. The van der Waals surface area contributed by atoms with Gasteiger partial charge in [0.25, 0.3) is 0 Å². The number of carbonyl (C=O) groups excluding carboxylic acids is 2. The molecular formula is C21H32O4. The minimum Gasteiger partial charge on any atom is -0.469 e. The predicted octanol–water partition coefficient (Wildman–Crippen LogP) is 3.67. The molecule has 0 amide bonds. The number of rotatable bonds is 2. The zero-order valence-corrected chi connectivity index (χ0v) is 16.2. The molecule has 0 spiro atoms. The lowest BCUT2D eigenvalue weighted by molar-refractivity contribution is -0.168. The van der Waals surface area contributed by atoms with Crippen molar-refractivity contribution in [3.63, 3.8) is 0 Å². The molecule has 3 aliphatic rings. The molecule has 1 N–H and O–H groups in total. The van der Waals surface area contributed by atoms with Gasteiger partial charge in [-0.05, 0) is 67.8 Å². The minimum atomic E-state index is -1.23. The van der Waals surface area contributed by atoms with Crippen molar-refractivity contribution in [1.82, 2.24) is 0 Å². The summed E-state index contributed by atoms with van der Waals surface area (Å²) in [6.07, 6.45) is 6.93. The third kappa shape index (κ3) is 2.43. The zero-order chi connectivity index (χ0) is 18.6. The molecule has 3 aliphatic carbocycles. The predicted molar refractivity (Wildman–Crippen MR) is 95.8 cm³/mol. The van der Waals surface area contributed by atoms with Crippen molar-refractivity contribution in [2.24, 2.45) is 28.6 Å². The minimum absolute atomic E-state index is 0.0798. The van der Waals surface area contributed by atoms with Crippen LogP contribution in [0.4, 0.5) is 0 Å². The van der Waals surface area contributed by atoms with Gasteiger partial charge in [0.2, 0.25) is 0 Å². The van der Waals surface area contributed by atoms with Crippen molar-refractivity contribution < 1.29 is 19.4 Å². The molecule has 0 saturated heterocycles. The molecule has 0 unspecified atom stereocenters. The van der Waals surface area contributed by atoms with E-state index >= 15 is 0 Å². The number of hydrogen-bond acceptors (Lipinski definition) is 4. The first-order valence-electron chi connectivity index (χ1n) is 9.67. The first kappa shape index (κ1) is 18.6. The second-order valence-electron chi connectivity index (χ2n) is 9.22. The molecule has 0 aliphatic heterocycles. The fraction of sp³-hybridized carbons (Fsp3) is 0.810. The van der Waals surface area contributed by atoms with Gasteiger partial charge < -0.3 is 9.84 Å². The van der Waals surface area contributed by atoms with Gasteiger partial charge in [-0.2, -0.15) is 0 Å². The highest BCUT2D eigenvalue weighted by molar-refractivity contribution is 6.03. The average Bonchev–Trinajstić information content (AvgIpc) is 2.57. The van der Waals surface area contributed by atoms with Gasteiger partial charge in [0, 0.05) is 0 Å². The zero-order valence-electron chi connectivity index (χ0n) is 16.2. The van der Waals surface area contributed by atoms with Crippen molar-refractivity contribution in [2.45, 2.75) is 71.8 Å². The summed E-state index contributed by atoms with van der Waals surface area (Å²) in [6.45, 7) is 8.12. The van der Waals surface area contributed by atoms with Crippen LogP contribution in [0.3, 0.4) is 0 Å². The topological polar surface area (TPSA) is 63.6 Å². The Balaban J connectivity index is 2.02. The molecule has 2 fully saturated rings. The number of allylic oxidation sites excluding steroid dienone is 1. The highest BCUT2D eigenvalue weighted by Gasteiger charge is 2.60. The molecule has 4 nitrogen and oxygen atoms in total. The van der Waals surface area contributed by atoms with Crippen LogP contribution in [0, 0.1) is 28.6 Å². The molecule has 25 heavy (non-hydrogen) atoms. The van der Waals surface area contributed by atoms with Gasteiger partial charge in [0.05, 0.1) is 12.5 Å². The van der Waals surface area contributed by atoms with Gasteiger partial charge in [-0.1, -0.05) is 33.3 Å². The van der Waals surface area contributed by atoms with Crippen molar-refractivity contribution in [3.05, 3.63) is 11.6 Å². The lowest BCUT2D eigenvalue weighted by Gasteiger charge is -2.58. The molecule has 0 aromatic carbocycles. The first-order valence-corrected chi connectivity index (χ1v) is 9.67. The van der Waals surface area contributed by atoms with Crippen LogP contribution in [-0.2, 0) is 14.3 Å². The molecule has 2 saturated carbocycles. The lowest BCUT2D eigenvalue weighted by atomic mass is 9.45. The van der Waals surface area contributed by atoms with E-state index in [1.54, 1.807) is 0 Å².